The maximum Gasteiger partial charge on any atom is 0.402 e. The normalized spacial score (nSPS) is 15.3. The zero-order valence-electron chi connectivity index (χ0n) is 8.08. The molecule has 1 atom stereocenters. The van der Waals surface area contributed by atoms with Crippen molar-refractivity contribution in [3.05, 3.63) is 0 Å². The molecule has 0 saturated carbocycles. The Labute approximate surface area is 91.3 Å². The Kier molecular flexibility index (Phi) is 4.49. The molecule has 0 fully saturated rings. The summed E-state index contributed by atoms with van der Waals surface area (Å²) in [7, 11) is -3.29. The number of nitrogens with zero attached hydrogens (tertiary/aromatic N) is 1. The van der Waals surface area contributed by atoms with E-state index in [4.69, 9.17) is 5.73 Å². The van der Waals surface area contributed by atoms with Crippen molar-refractivity contribution in [2.75, 3.05) is 13.6 Å². The largest absolute Gasteiger partial charge is 0.402 e. The number of hydrogen-bond acceptors (Lipinski definition) is 3. The Morgan fingerprint density at radius 1 is 1.53 bits per heavy atom. The zero-order chi connectivity index (χ0) is 12.4. The van der Waals surface area contributed by atoms with Gasteiger partial charge >= 0.3 is 6.18 Å². The topological polar surface area (TPSA) is 63.4 Å². The number of nitrogens with two attached hydrogens (primary N) is 1. The molecule has 15 heavy (non-hydrogen) atoms. The van der Waals surface area contributed by atoms with Crippen LogP contribution in [0.15, 0.2) is 0 Å². The first-order chi connectivity index (χ1) is 6.48. The van der Waals surface area contributed by atoms with Crippen LogP contribution >= 0.6 is 12.2 Å². The number of hydrogen-bond donors (Lipinski definition) is 1. The van der Waals surface area contributed by atoms with Crippen molar-refractivity contribution >= 4 is 27.2 Å². The van der Waals surface area contributed by atoms with Crippen molar-refractivity contribution in [1.29, 1.82) is 0 Å². The van der Waals surface area contributed by atoms with Crippen molar-refractivity contribution in [2.45, 2.75) is 18.3 Å². The van der Waals surface area contributed by atoms with Gasteiger partial charge in [-0.15, -0.1) is 0 Å². The molecule has 0 aliphatic heterocycles. The molecule has 2 N–H and O–H groups in total. The van der Waals surface area contributed by atoms with Crippen LogP contribution < -0.4 is 5.73 Å². The third kappa shape index (κ3) is 4.31. The molecule has 0 saturated heterocycles. The quantitative estimate of drug-likeness (QED) is 0.750. The number of alkyl halides is 3. The predicted octanol–water partition coefficient (Wildman–Crippen LogP) is 0.485. The van der Waals surface area contributed by atoms with E-state index in [1.165, 1.54) is 0 Å². The highest BCUT2D eigenvalue weighted by molar-refractivity contribution is 7.92. The fourth-order valence-corrected chi connectivity index (χ4v) is 2.28. The lowest BCUT2D eigenvalue weighted by atomic mass is 10.5. The molecule has 90 valence electrons. The van der Waals surface area contributed by atoms with Gasteiger partial charge in [0.1, 0.15) is 11.8 Å². The van der Waals surface area contributed by atoms with Crippen LogP contribution in [0.4, 0.5) is 13.2 Å². The number of halogens is 3. The van der Waals surface area contributed by atoms with Gasteiger partial charge < -0.3 is 5.73 Å². The number of sulfonamides is 1. The summed E-state index contributed by atoms with van der Waals surface area (Å²) in [6.07, 6.45) is -4.59. The Bertz CT molecular complexity index is 339. The minimum Gasteiger partial charge on any atom is -0.392 e. The smallest absolute Gasteiger partial charge is 0.392 e. The van der Waals surface area contributed by atoms with E-state index in [-0.39, 0.29) is 9.29 Å². The first-order valence-corrected chi connectivity index (χ1v) is 5.71. The second-order valence-corrected chi connectivity index (χ2v) is 5.79. The fourth-order valence-electron chi connectivity index (χ4n) is 0.759. The monoisotopic (exact) mass is 264 g/mol. The van der Waals surface area contributed by atoms with Crippen molar-refractivity contribution in [1.82, 2.24) is 4.31 Å². The molecule has 0 bridgehead atoms. The summed E-state index contributed by atoms with van der Waals surface area (Å²) in [5.41, 5.74) is 5.07. The Morgan fingerprint density at radius 3 is 2.20 bits per heavy atom. The maximum atomic E-state index is 11.9. The number of rotatable bonds is 4. The average molecular weight is 264 g/mol. The predicted molar refractivity (Wildman–Crippen MR) is 53.9 cm³/mol. The van der Waals surface area contributed by atoms with E-state index in [1.807, 2.05) is 0 Å². The van der Waals surface area contributed by atoms with Gasteiger partial charge in [-0.05, 0) is 6.92 Å². The van der Waals surface area contributed by atoms with Gasteiger partial charge in [-0.2, -0.15) is 17.5 Å². The third-order valence-corrected chi connectivity index (χ3v) is 4.33. The van der Waals surface area contributed by atoms with E-state index in [0.717, 1.165) is 14.0 Å². The highest BCUT2D eigenvalue weighted by Crippen LogP contribution is 2.19. The summed E-state index contributed by atoms with van der Waals surface area (Å²) in [5.74, 6) is 0. The summed E-state index contributed by atoms with van der Waals surface area (Å²) >= 11 is 4.42. The van der Waals surface area contributed by atoms with Gasteiger partial charge in [0.25, 0.3) is 0 Å². The molecule has 0 aliphatic rings. The molecule has 0 radical (unpaired) electrons. The highest BCUT2D eigenvalue weighted by Gasteiger charge is 2.37. The first kappa shape index (κ1) is 14.6. The molecule has 0 spiro atoms. The van der Waals surface area contributed by atoms with E-state index in [1.54, 1.807) is 0 Å². The van der Waals surface area contributed by atoms with E-state index < -0.39 is 28.0 Å². The van der Waals surface area contributed by atoms with Crippen LogP contribution in [0.25, 0.3) is 0 Å². The average Bonchev–Trinajstić information content (AvgIpc) is 1.99. The van der Waals surface area contributed by atoms with Crippen molar-refractivity contribution in [3.63, 3.8) is 0 Å². The standard InChI is InChI=1S/C6H11F3N2O2S2/c1-4(5(10)14)15(12,13)11(2)3-6(7,8)9/h4H,3H2,1-2H3,(H2,10,14). The minimum absolute atomic E-state index is 0.191. The van der Waals surface area contributed by atoms with Gasteiger partial charge in [-0.1, -0.05) is 12.2 Å². The van der Waals surface area contributed by atoms with E-state index in [9.17, 15) is 21.6 Å². The van der Waals surface area contributed by atoms with E-state index in [0.29, 0.717) is 0 Å². The molecule has 4 nitrogen and oxygen atoms in total. The maximum absolute atomic E-state index is 11.9. The molecule has 1 unspecified atom stereocenters. The second kappa shape index (κ2) is 4.62. The Hall–Kier alpha value is -0.410. The molecule has 0 aromatic heterocycles. The van der Waals surface area contributed by atoms with E-state index >= 15 is 0 Å². The molecule has 0 amide bonds. The van der Waals surface area contributed by atoms with Gasteiger partial charge in [0.05, 0.1) is 4.99 Å². The fraction of sp³-hybridized carbons (Fsp3) is 0.833. The Morgan fingerprint density at radius 2 is 1.93 bits per heavy atom. The van der Waals surface area contributed by atoms with Gasteiger partial charge in [0.15, 0.2) is 0 Å². The SMILES string of the molecule is CC(C(N)=S)S(=O)(=O)N(C)CC(F)(F)F. The summed E-state index contributed by atoms with van der Waals surface area (Å²) in [4.78, 5) is -0.357. The van der Waals surface area contributed by atoms with Crippen LogP contribution in [0.1, 0.15) is 6.92 Å². The lowest BCUT2D eigenvalue weighted by molar-refractivity contribution is -0.134. The van der Waals surface area contributed by atoms with Gasteiger partial charge in [-0.25, -0.2) is 8.42 Å². The minimum atomic E-state index is -4.59. The molecular weight excluding hydrogens is 253 g/mol. The van der Waals surface area contributed by atoms with Crippen LogP contribution in [0, 0.1) is 0 Å². The van der Waals surface area contributed by atoms with Crippen LogP contribution in [-0.4, -0.2) is 42.7 Å². The van der Waals surface area contributed by atoms with Crippen molar-refractivity contribution in [2.24, 2.45) is 5.73 Å². The third-order valence-electron chi connectivity index (χ3n) is 1.68. The molecule has 0 heterocycles. The van der Waals surface area contributed by atoms with Crippen LogP contribution in [0.3, 0.4) is 0 Å². The summed E-state index contributed by atoms with van der Waals surface area (Å²) in [6.45, 7) is -0.410. The first-order valence-electron chi connectivity index (χ1n) is 3.79. The van der Waals surface area contributed by atoms with Crippen LogP contribution in [0.2, 0.25) is 0 Å². The molecule has 0 rings (SSSR count). The summed E-state index contributed by atoms with van der Waals surface area (Å²) < 4.78 is 58.8. The van der Waals surface area contributed by atoms with Gasteiger partial charge in [0, 0.05) is 7.05 Å². The van der Waals surface area contributed by atoms with Gasteiger partial charge in [-0.3, -0.25) is 0 Å². The Balaban J connectivity index is 4.83. The summed E-state index contributed by atoms with van der Waals surface area (Å²) in [5, 5.41) is -1.31. The second-order valence-electron chi connectivity index (χ2n) is 2.96. The molecular formula is C6H11F3N2O2S2. The van der Waals surface area contributed by atoms with Crippen molar-refractivity contribution in [3.8, 4) is 0 Å². The lowest BCUT2D eigenvalue weighted by Crippen LogP contribution is -2.44. The zero-order valence-corrected chi connectivity index (χ0v) is 9.71. The number of thiocarbonyl (C=S) groups is 1. The highest BCUT2D eigenvalue weighted by atomic mass is 32.2. The van der Waals surface area contributed by atoms with E-state index in [2.05, 4.69) is 12.2 Å². The molecule has 0 aromatic carbocycles. The molecule has 0 aromatic rings. The van der Waals surface area contributed by atoms with Crippen LogP contribution in [-0.2, 0) is 10.0 Å². The van der Waals surface area contributed by atoms with Crippen LogP contribution in [0.5, 0.6) is 0 Å². The summed E-state index contributed by atoms with van der Waals surface area (Å²) in [6, 6.07) is 0. The van der Waals surface area contributed by atoms with Crippen molar-refractivity contribution < 1.29 is 21.6 Å². The molecule has 0 aliphatic carbocycles. The molecule has 9 heteroatoms. The lowest BCUT2D eigenvalue weighted by Gasteiger charge is -2.22. The van der Waals surface area contributed by atoms with Gasteiger partial charge in [0.2, 0.25) is 10.0 Å².